The lowest BCUT2D eigenvalue weighted by Gasteiger charge is -2.17. The van der Waals surface area contributed by atoms with Crippen LogP contribution < -0.4 is 5.32 Å². The number of aromatic nitrogens is 3. The van der Waals surface area contributed by atoms with Gasteiger partial charge in [0.25, 0.3) is 5.91 Å². The topological polar surface area (TPSA) is 59.8 Å². The molecule has 1 aliphatic rings. The number of carbonyl (C=O) groups is 1. The largest absolute Gasteiger partial charge is 0.350 e. The maximum Gasteiger partial charge on any atom is 0.271 e. The summed E-state index contributed by atoms with van der Waals surface area (Å²) in [5.74, 6) is -0.0536. The Labute approximate surface area is 167 Å². The summed E-state index contributed by atoms with van der Waals surface area (Å²) in [5.41, 5.74) is 2.86. The first-order valence-electron chi connectivity index (χ1n) is 9.12. The fourth-order valence-electron chi connectivity index (χ4n) is 3.42. The Balaban J connectivity index is 1.53. The van der Waals surface area contributed by atoms with E-state index < -0.39 is 0 Å². The van der Waals surface area contributed by atoms with Crippen molar-refractivity contribution >= 4 is 17.5 Å². The van der Waals surface area contributed by atoms with Gasteiger partial charge in [0.1, 0.15) is 11.5 Å². The van der Waals surface area contributed by atoms with E-state index in [1.54, 1.807) is 28.9 Å². The van der Waals surface area contributed by atoms with Crippen molar-refractivity contribution in [1.29, 1.82) is 0 Å². The van der Waals surface area contributed by atoms with Crippen LogP contribution in [0.1, 0.15) is 40.3 Å². The van der Waals surface area contributed by atoms with Crippen LogP contribution in [0, 0.1) is 19.7 Å². The highest BCUT2D eigenvalue weighted by molar-refractivity contribution is 6.33. The molecule has 144 valence electrons. The summed E-state index contributed by atoms with van der Waals surface area (Å²) < 4.78 is 14.9. The normalized spacial score (nSPS) is 14.7. The molecule has 1 aromatic carbocycles. The monoisotopic (exact) mass is 398 g/mol. The molecule has 0 radical (unpaired) electrons. The zero-order valence-corrected chi connectivity index (χ0v) is 16.4. The lowest BCUT2D eigenvalue weighted by Crippen LogP contribution is -2.33. The summed E-state index contributed by atoms with van der Waals surface area (Å²) in [6.07, 6.45) is 1.90. The molecule has 1 amide bonds. The molecule has 1 N–H and O–H groups in total. The molecule has 1 saturated carbocycles. The minimum atomic E-state index is -0.332. The van der Waals surface area contributed by atoms with Crippen molar-refractivity contribution in [3.05, 3.63) is 75.9 Å². The van der Waals surface area contributed by atoms with Crippen LogP contribution in [0.2, 0.25) is 5.02 Å². The third kappa shape index (κ3) is 3.52. The minimum absolute atomic E-state index is 0.136. The van der Waals surface area contributed by atoms with Gasteiger partial charge in [0.2, 0.25) is 0 Å². The molecule has 5 nitrogen and oxygen atoms in total. The minimum Gasteiger partial charge on any atom is -0.350 e. The van der Waals surface area contributed by atoms with Gasteiger partial charge < -0.3 is 5.32 Å². The van der Waals surface area contributed by atoms with E-state index in [-0.39, 0.29) is 27.9 Å². The lowest BCUT2D eigenvalue weighted by molar-refractivity contribution is 0.0945. The highest BCUT2D eigenvalue weighted by Gasteiger charge is 2.44. The molecule has 0 bridgehead atoms. The third-order valence-corrected chi connectivity index (χ3v) is 5.48. The molecule has 0 unspecified atom stereocenters. The van der Waals surface area contributed by atoms with Crippen molar-refractivity contribution in [3.63, 3.8) is 0 Å². The van der Waals surface area contributed by atoms with Crippen molar-refractivity contribution in [2.24, 2.45) is 0 Å². The fraction of sp³-hybridized carbons (Fsp3) is 0.286. The van der Waals surface area contributed by atoms with Crippen LogP contribution in [-0.2, 0) is 5.41 Å². The number of hydrogen-bond acceptors (Lipinski definition) is 3. The van der Waals surface area contributed by atoms with Gasteiger partial charge in [-0.25, -0.2) is 14.1 Å². The van der Waals surface area contributed by atoms with Crippen molar-refractivity contribution in [1.82, 2.24) is 20.1 Å². The maximum absolute atomic E-state index is 13.2. The highest BCUT2D eigenvalue weighted by atomic mass is 35.5. The van der Waals surface area contributed by atoms with Gasteiger partial charge in [-0.2, -0.15) is 5.10 Å². The second kappa shape index (κ2) is 7.02. The van der Waals surface area contributed by atoms with Crippen molar-refractivity contribution < 1.29 is 9.18 Å². The first-order chi connectivity index (χ1) is 13.4. The molecule has 2 aromatic heterocycles. The second-order valence-electron chi connectivity index (χ2n) is 7.31. The molecule has 4 rings (SSSR count). The second-order valence-corrected chi connectivity index (χ2v) is 7.72. The number of hydrogen-bond donors (Lipinski definition) is 1. The van der Waals surface area contributed by atoms with Crippen LogP contribution in [-0.4, -0.2) is 27.2 Å². The summed E-state index contributed by atoms with van der Waals surface area (Å²) in [6, 6.07) is 11.8. The van der Waals surface area contributed by atoms with E-state index in [0.29, 0.717) is 12.4 Å². The first kappa shape index (κ1) is 18.6. The molecule has 0 aliphatic heterocycles. The number of halogens is 2. The van der Waals surface area contributed by atoms with E-state index >= 15 is 0 Å². The molecule has 7 heteroatoms. The lowest BCUT2D eigenvalue weighted by atomic mass is 9.96. The van der Waals surface area contributed by atoms with Crippen LogP contribution in [0.3, 0.4) is 0 Å². The van der Waals surface area contributed by atoms with E-state index in [1.165, 1.54) is 12.1 Å². The number of aryl methyl sites for hydroxylation is 2. The Hall–Kier alpha value is -2.73. The Bertz CT molecular complexity index is 1040. The number of amides is 1. The third-order valence-electron chi connectivity index (χ3n) is 5.17. The molecule has 0 saturated heterocycles. The Kier molecular flexibility index (Phi) is 4.67. The maximum atomic E-state index is 13.2. The predicted octanol–water partition coefficient (Wildman–Crippen LogP) is 4.14. The van der Waals surface area contributed by atoms with Crippen LogP contribution in [0.5, 0.6) is 0 Å². The van der Waals surface area contributed by atoms with E-state index in [9.17, 15) is 9.18 Å². The Morgan fingerprint density at radius 2 is 1.93 bits per heavy atom. The quantitative estimate of drug-likeness (QED) is 0.702. The number of carbonyl (C=O) groups excluding carboxylic acids is 1. The molecule has 0 atom stereocenters. The molecule has 28 heavy (non-hydrogen) atoms. The number of nitrogens with zero attached hydrogens (tertiary/aromatic N) is 3. The molecule has 3 aromatic rings. The Morgan fingerprint density at radius 1 is 1.21 bits per heavy atom. The van der Waals surface area contributed by atoms with Crippen LogP contribution in [0.4, 0.5) is 4.39 Å². The van der Waals surface area contributed by atoms with Crippen LogP contribution >= 0.6 is 11.6 Å². The number of pyridine rings is 1. The van der Waals surface area contributed by atoms with Gasteiger partial charge in [-0.15, -0.1) is 0 Å². The van der Waals surface area contributed by atoms with Crippen molar-refractivity contribution in [3.8, 4) is 5.82 Å². The number of benzene rings is 1. The van der Waals surface area contributed by atoms with E-state index in [4.69, 9.17) is 11.6 Å². The van der Waals surface area contributed by atoms with Crippen LogP contribution in [0.25, 0.3) is 5.82 Å². The zero-order valence-electron chi connectivity index (χ0n) is 15.7. The van der Waals surface area contributed by atoms with Gasteiger partial charge >= 0.3 is 0 Å². The summed E-state index contributed by atoms with van der Waals surface area (Å²) in [4.78, 5) is 17.2. The smallest absolute Gasteiger partial charge is 0.271 e. The first-order valence-corrected chi connectivity index (χ1v) is 9.50. The average molecular weight is 399 g/mol. The van der Waals surface area contributed by atoms with Gasteiger partial charge in [-0.05, 0) is 62.6 Å². The van der Waals surface area contributed by atoms with Gasteiger partial charge in [0, 0.05) is 17.7 Å². The Morgan fingerprint density at radius 3 is 2.54 bits per heavy atom. The molecule has 1 fully saturated rings. The summed E-state index contributed by atoms with van der Waals surface area (Å²) in [7, 11) is 0. The van der Waals surface area contributed by atoms with E-state index in [1.807, 2.05) is 19.9 Å². The van der Waals surface area contributed by atoms with Gasteiger partial charge in [-0.3, -0.25) is 4.79 Å². The zero-order chi connectivity index (χ0) is 19.9. The predicted molar refractivity (Wildman–Crippen MR) is 105 cm³/mol. The van der Waals surface area contributed by atoms with Crippen molar-refractivity contribution in [2.45, 2.75) is 32.1 Å². The SMILES string of the molecule is Cc1cc(C)n(-c2ccc(Cl)c(C(=O)NCC3(c4ccc(F)cc4)CC3)n2)n1. The standard InChI is InChI=1S/C21H20ClFN4O/c1-13-11-14(2)27(26-13)18-8-7-17(22)19(25-18)20(28)24-12-21(9-10-21)15-3-5-16(23)6-4-15/h3-8,11H,9-10,12H2,1-2H3,(H,24,28). The molecule has 2 heterocycles. The fourth-order valence-corrected chi connectivity index (χ4v) is 3.62. The number of rotatable bonds is 5. The number of nitrogens with one attached hydrogen (secondary N) is 1. The molecular weight excluding hydrogens is 379 g/mol. The average Bonchev–Trinajstić information content (AvgIpc) is 3.39. The molecule has 1 aliphatic carbocycles. The molecule has 0 spiro atoms. The molecular formula is C21H20ClFN4O. The van der Waals surface area contributed by atoms with Gasteiger partial charge in [-0.1, -0.05) is 23.7 Å². The van der Waals surface area contributed by atoms with E-state index in [0.717, 1.165) is 29.8 Å². The summed E-state index contributed by atoms with van der Waals surface area (Å²) >= 11 is 6.23. The van der Waals surface area contributed by atoms with E-state index in [2.05, 4.69) is 15.4 Å². The van der Waals surface area contributed by atoms with Gasteiger partial charge in [0.05, 0.1) is 10.7 Å². The summed E-state index contributed by atoms with van der Waals surface area (Å²) in [6.45, 7) is 4.28. The summed E-state index contributed by atoms with van der Waals surface area (Å²) in [5, 5.41) is 7.63. The highest BCUT2D eigenvalue weighted by Crippen LogP contribution is 2.47. The van der Waals surface area contributed by atoms with Crippen molar-refractivity contribution in [2.75, 3.05) is 6.54 Å². The van der Waals surface area contributed by atoms with Gasteiger partial charge in [0.15, 0.2) is 5.82 Å². The van der Waals surface area contributed by atoms with Crippen LogP contribution in [0.15, 0.2) is 42.5 Å².